The topological polar surface area (TPSA) is 41.5 Å². The number of β-amino-alcohol motifs (C(OH)–C–C–N with tert-alkyl or cyclic N) is 1. The van der Waals surface area contributed by atoms with Gasteiger partial charge >= 0.3 is 0 Å². The molecule has 0 aromatic carbocycles. The molecule has 0 amide bonds. The van der Waals surface area contributed by atoms with Gasteiger partial charge in [0.25, 0.3) is 0 Å². The summed E-state index contributed by atoms with van der Waals surface area (Å²) in [5, 5.41) is 12.5. The van der Waals surface area contributed by atoms with Gasteiger partial charge in [0.1, 0.15) is 0 Å². The van der Waals surface area contributed by atoms with Crippen LogP contribution in [0.5, 0.6) is 0 Å². The Labute approximate surface area is 61.4 Å². The second-order valence-corrected chi connectivity index (χ2v) is 3.70. The predicted octanol–water partition coefficient (Wildman–Crippen LogP) is 0.0933. The standard InChI is InChI=1S/C7H15NO2/c1-6(2)5-10-7(3,9)4-8-6/h8-9H,4-5H2,1-3H3. The lowest BCUT2D eigenvalue weighted by atomic mass is 10.0. The lowest BCUT2D eigenvalue weighted by Gasteiger charge is -2.39. The van der Waals surface area contributed by atoms with Crippen molar-refractivity contribution in [3.05, 3.63) is 0 Å². The number of hydrogen-bond donors (Lipinski definition) is 2. The molecule has 3 heteroatoms. The van der Waals surface area contributed by atoms with Gasteiger partial charge in [-0.25, -0.2) is 0 Å². The number of aliphatic hydroxyl groups is 1. The van der Waals surface area contributed by atoms with Crippen LogP contribution in [0.3, 0.4) is 0 Å². The molecule has 0 aromatic heterocycles. The van der Waals surface area contributed by atoms with Crippen molar-refractivity contribution in [2.24, 2.45) is 0 Å². The Kier molecular flexibility index (Phi) is 1.75. The van der Waals surface area contributed by atoms with Gasteiger partial charge in [-0.05, 0) is 20.8 Å². The van der Waals surface area contributed by atoms with Crippen molar-refractivity contribution < 1.29 is 9.84 Å². The second kappa shape index (κ2) is 2.19. The first-order valence-electron chi connectivity index (χ1n) is 3.53. The van der Waals surface area contributed by atoms with Crippen LogP contribution in [0.2, 0.25) is 0 Å². The maximum atomic E-state index is 9.32. The Morgan fingerprint density at radius 2 is 2.00 bits per heavy atom. The van der Waals surface area contributed by atoms with Gasteiger partial charge < -0.3 is 15.2 Å². The van der Waals surface area contributed by atoms with Crippen LogP contribution in [0.1, 0.15) is 20.8 Å². The van der Waals surface area contributed by atoms with E-state index in [0.29, 0.717) is 13.2 Å². The average molecular weight is 145 g/mol. The van der Waals surface area contributed by atoms with Crippen LogP contribution < -0.4 is 5.32 Å². The molecule has 0 radical (unpaired) electrons. The smallest absolute Gasteiger partial charge is 0.175 e. The maximum absolute atomic E-state index is 9.32. The Morgan fingerprint density at radius 1 is 1.40 bits per heavy atom. The number of morpholine rings is 1. The zero-order valence-corrected chi connectivity index (χ0v) is 6.77. The largest absolute Gasteiger partial charge is 0.365 e. The van der Waals surface area contributed by atoms with Crippen LogP contribution in [0.15, 0.2) is 0 Å². The molecule has 0 aromatic rings. The summed E-state index contributed by atoms with van der Waals surface area (Å²) in [6.07, 6.45) is 0. The minimum absolute atomic E-state index is 0.00222. The van der Waals surface area contributed by atoms with E-state index in [1.165, 1.54) is 0 Å². The molecule has 1 unspecified atom stereocenters. The van der Waals surface area contributed by atoms with E-state index in [4.69, 9.17) is 4.74 Å². The van der Waals surface area contributed by atoms with Crippen LogP contribution >= 0.6 is 0 Å². The summed E-state index contributed by atoms with van der Waals surface area (Å²) >= 11 is 0. The fourth-order valence-corrected chi connectivity index (χ4v) is 0.841. The number of rotatable bonds is 0. The molecular formula is C7H15NO2. The summed E-state index contributed by atoms with van der Waals surface area (Å²) in [5.74, 6) is -0.977. The molecule has 1 rings (SSSR count). The summed E-state index contributed by atoms with van der Waals surface area (Å²) in [4.78, 5) is 0. The lowest BCUT2D eigenvalue weighted by Crippen LogP contribution is -2.58. The van der Waals surface area contributed by atoms with Crippen molar-refractivity contribution >= 4 is 0 Å². The summed E-state index contributed by atoms with van der Waals surface area (Å²) in [5.41, 5.74) is 0.00222. The van der Waals surface area contributed by atoms with Gasteiger partial charge in [-0.15, -0.1) is 0 Å². The highest BCUT2D eigenvalue weighted by atomic mass is 16.6. The van der Waals surface area contributed by atoms with Crippen LogP contribution in [0.25, 0.3) is 0 Å². The SMILES string of the molecule is CC1(C)COC(C)(O)CN1. The summed E-state index contributed by atoms with van der Waals surface area (Å²) < 4.78 is 5.17. The fraction of sp³-hybridized carbons (Fsp3) is 1.00. The van der Waals surface area contributed by atoms with Crippen LogP contribution in [0.4, 0.5) is 0 Å². The molecule has 0 aliphatic carbocycles. The van der Waals surface area contributed by atoms with E-state index in [0.717, 1.165) is 0 Å². The van der Waals surface area contributed by atoms with Gasteiger partial charge in [0.15, 0.2) is 5.79 Å². The lowest BCUT2D eigenvalue weighted by molar-refractivity contribution is -0.219. The van der Waals surface area contributed by atoms with Crippen LogP contribution in [-0.4, -0.2) is 29.6 Å². The third kappa shape index (κ3) is 1.94. The monoisotopic (exact) mass is 145 g/mol. The van der Waals surface area contributed by atoms with Crippen molar-refractivity contribution in [3.63, 3.8) is 0 Å². The first-order valence-corrected chi connectivity index (χ1v) is 3.53. The van der Waals surface area contributed by atoms with E-state index < -0.39 is 5.79 Å². The van der Waals surface area contributed by atoms with Crippen molar-refractivity contribution in [1.82, 2.24) is 5.32 Å². The van der Waals surface area contributed by atoms with Crippen molar-refractivity contribution in [2.75, 3.05) is 13.2 Å². The van der Waals surface area contributed by atoms with Crippen molar-refractivity contribution in [2.45, 2.75) is 32.1 Å². The van der Waals surface area contributed by atoms with Crippen molar-refractivity contribution in [1.29, 1.82) is 0 Å². The number of hydrogen-bond acceptors (Lipinski definition) is 3. The highest BCUT2D eigenvalue weighted by molar-refractivity contribution is 4.84. The highest BCUT2D eigenvalue weighted by Gasteiger charge is 2.32. The van der Waals surface area contributed by atoms with E-state index in [9.17, 15) is 5.11 Å². The Morgan fingerprint density at radius 3 is 2.30 bits per heavy atom. The Bertz CT molecular complexity index is 104. The molecule has 1 saturated heterocycles. The van der Waals surface area contributed by atoms with Gasteiger partial charge in [-0.1, -0.05) is 0 Å². The van der Waals surface area contributed by atoms with Gasteiger partial charge in [0, 0.05) is 12.1 Å². The first kappa shape index (κ1) is 7.98. The molecule has 60 valence electrons. The highest BCUT2D eigenvalue weighted by Crippen LogP contribution is 2.16. The Balaban J connectivity index is 2.46. The molecule has 3 nitrogen and oxygen atoms in total. The van der Waals surface area contributed by atoms with E-state index in [1.807, 2.05) is 13.8 Å². The number of nitrogens with one attached hydrogen (secondary N) is 1. The van der Waals surface area contributed by atoms with Gasteiger partial charge in [-0.2, -0.15) is 0 Å². The fourth-order valence-electron chi connectivity index (χ4n) is 0.841. The summed E-state index contributed by atoms with van der Waals surface area (Å²) in [7, 11) is 0. The van der Waals surface area contributed by atoms with Crippen molar-refractivity contribution in [3.8, 4) is 0 Å². The molecule has 1 atom stereocenters. The van der Waals surface area contributed by atoms with Crippen LogP contribution in [-0.2, 0) is 4.74 Å². The molecule has 1 aliphatic rings. The molecule has 0 spiro atoms. The molecule has 1 aliphatic heterocycles. The second-order valence-electron chi connectivity index (χ2n) is 3.70. The zero-order valence-electron chi connectivity index (χ0n) is 6.77. The third-order valence-corrected chi connectivity index (χ3v) is 1.64. The molecular weight excluding hydrogens is 130 g/mol. The van der Waals surface area contributed by atoms with E-state index in [2.05, 4.69) is 5.32 Å². The minimum atomic E-state index is -0.977. The van der Waals surface area contributed by atoms with Gasteiger partial charge in [-0.3, -0.25) is 0 Å². The molecule has 1 fully saturated rings. The quantitative estimate of drug-likeness (QED) is 0.507. The molecule has 1 heterocycles. The number of ether oxygens (including phenoxy) is 1. The van der Waals surface area contributed by atoms with E-state index in [1.54, 1.807) is 6.92 Å². The Hall–Kier alpha value is -0.120. The zero-order chi connectivity index (χ0) is 7.83. The molecule has 0 saturated carbocycles. The average Bonchev–Trinajstić information content (AvgIpc) is 1.79. The first-order chi connectivity index (χ1) is 4.41. The normalized spacial score (nSPS) is 39.6. The molecule has 10 heavy (non-hydrogen) atoms. The van der Waals surface area contributed by atoms with E-state index in [-0.39, 0.29) is 5.54 Å². The molecule has 0 bridgehead atoms. The minimum Gasteiger partial charge on any atom is -0.365 e. The maximum Gasteiger partial charge on any atom is 0.175 e. The van der Waals surface area contributed by atoms with Gasteiger partial charge in [0.2, 0.25) is 0 Å². The summed E-state index contributed by atoms with van der Waals surface area (Å²) in [6.45, 7) is 6.81. The third-order valence-electron chi connectivity index (χ3n) is 1.64. The molecule has 2 N–H and O–H groups in total. The van der Waals surface area contributed by atoms with E-state index >= 15 is 0 Å². The summed E-state index contributed by atoms with van der Waals surface area (Å²) in [6, 6.07) is 0. The van der Waals surface area contributed by atoms with Gasteiger partial charge in [0.05, 0.1) is 6.61 Å². The van der Waals surface area contributed by atoms with Crippen LogP contribution in [0, 0.1) is 0 Å². The predicted molar refractivity (Wildman–Crippen MR) is 38.7 cm³/mol.